The maximum Gasteiger partial charge on any atom is 0.285 e. The second-order valence-electron chi connectivity index (χ2n) is 3.31. The highest BCUT2D eigenvalue weighted by Crippen LogP contribution is 2.11. The molecule has 14 heavy (non-hydrogen) atoms. The van der Waals surface area contributed by atoms with E-state index in [4.69, 9.17) is 4.74 Å². The van der Waals surface area contributed by atoms with Crippen LogP contribution in [0.3, 0.4) is 0 Å². The number of aliphatic imine (C=N–C) groups is 1. The summed E-state index contributed by atoms with van der Waals surface area (Å²) in [6.07, 6.45) is 0. The molecule has 0 aliphatic carbocycles. The number of amidine groups is 1. The summed E-state index contributed by atoms with van der Waals surface area (Å²) in [5.41, 5.74) is 1.24. The summed E-state index contributed by atoms with van der Waals surface area (Å²) in [5.74, 6) is 0. The Labute approximate surface area is 83.8 Å². The van der Waals surface area contributed by atoms with Crippen molar-refractivity contribution in [3.8, 4) is 0 Å². The van der Waals surface area contributed by atoms with Crippen LogP contribution >= 0.6 is 0 Å². The van der Waals surface area contributed by atoms with Crippen molar-refractivity contribution in [2.45, 2.75) is 13.0 Å². The number of benzene rings is 1. The van der Waals surface area contributed by atoms with Gasteiger partial charge in [0.15, 0.2) is 0 Å². The van der Waals surface area contributed by atoms with Crippen molar-refractivity contribution in [2.24, 2.45) is 4.99 Å². The van der Waals surface area contributed by atoms with E-state index in [2.05, 4.69) is 29.4 Å². The highest BCUT2D eigenvalue weighted by Gasteiger charge is 2.11. The summed E-state index contributed by atoms with van der Waals surface area (Å²) in [5, 5.41) is 3.22. The van der Waals surface area contributed by atoms with Crippen molar-refractivity contribution >= 4 is 6.02 Å². The molecule has 0 unspecified atom stereocenters. The lowest BCUT2D eigenvalue weighted by molar-refractivity contribution is 0.327. The van der Waals surface area contributed by atoms with E-state index in [0.29, 0.717) is 12.6 Å². The maximum atomic E-state index is 5.28. The number of rotatable bonds is 2. The predicted octanol–water partition coefficient (Wildman–Crippen LogP) is 1.72. The first-order chi connectivity index (χ1) is 6.86. The standard InChI is InChI=1S/C11H14N2O/c1-9(10-5-3-2-4-6-10)13-11-12-7-8-14-11/h2-6,9H,7-8H2,1H3,(H,12,13)/t9-/m1/s1. The normalized spacial score (nSPS) is 17.1. The van der Waals surface area contributed by atoms with Gasteiger partial charge in [0.1, 0.15) is 6.61 Å². The number of ether oxygens (including phenoxy) is 1. The molecule has 0 aromatic heterocycles. The third kappa shape index (κ3) is 2.05. The first kappa shape index (κ1) is 9.06. The molecule has 1 atom stereocenters. The number of hydrogen-bond donors (Lipinski definition) is 1. The molecule has 1 aliphatic rings. The molecule has 0 bridgehead atoms. The monoisotopic (exact) mass is 190 g/mol. The molecule has 0 spiro atoms. The lowest BCUT2D eigenvalue weighted by Crippen LogP contribution is -2.26. The van der Waals surface area contributed by atoms with Crippen molar-refractivity contribution in [2.75, 3.05) is 13.2 Å². The fourth-order valence-corrected chi connectivity index (χ4v) is 1.43. The summed E-state index contributed by atoms with van der Waals surface area (Å²) in [4.78, 5) is 4.18. The molecule has 0 saturated heterocycles. The molecule has 1 aromatic rings. The first-order valence-electron chi connectivity index (χ1n) is 4.85. The summed E-state index contributed by atoms with van der Waals surface area (Å²) in [6, 6.07) is 11.2. The minimum absolute atomic E-state index is 0.244. The molecule has 2 rings (SSSR count). The Kier molecular flexibility index (Phi) is 2.68. The highest BCUT2D eigenvalue weighted by atomic mass is 16.5. The SMILES string of the molecule is C[C@@H](NC1=NCCO1)c1ccccc1. The van der Waals surface area contributed by atoms with E-state index in [-0.39, 0.29) is 6.04 Å². The zero-order valence-electron chi connectivity index (χ0n) is 8.23. The molecule has 1 aliphatic heterocycles. The van der Waals surface area contributed by atoms with Crippen LogP contribution in [-0.4, -0.2) is 19.2 Å². The molecule has 3 nitrogen and oxygen atoms in total. The molecule has 0 saturated carbocycles. The Bertz CT molecular complexity index is 321. The van der Waals surface area contributed by atoms with Crippen LogP contribution in [0.1, 0.15) is 18.5 Å². The van der Waals surface area contributed by atoms with Crippen molar-refractivity contribution in [3.05, 3.63) is 35.9 Å². The number of hydrogen-bond acceptors (Lipinski definition) is 3. The fraction of sp³-hybridized carbons (Fsp3) is 0.364. The van der Waals surface area contributed by atoms with Gasteiger partial charge in [-0.15, -0.1) is 0 Å². The van der Waals surface area contributed by atoms with Crippen LogP contribution in [0.5, 0.6) is 0 Å². The molecule has 1 heterocycles. The summed E-state index contributed by atoms with van der Waals surface area (Å²) < 4.78 is 5.28. The molecular weight excluding hydrogens is 176 g/mol. The van der Waals surface area contributed by atoms with E-state index >= 15 is 0 Å². The Hall–Kier alpha value is -1.51. The molecule has 74 valence electrons. The third-order valence-corrected chi connectivity index (χ3v) is 2.23. The predicted molar refractivity (Wildman–Crippen MR) is 56.2 cm³/mol. The van der Waals surface area contributed by atoms with Crippen LogP contribution < -0.4 is 5.32 Å². The molecule has 1 N–H and O–H groups in total. The zero-order chi connectivity index (χ0) is 9.80. The van der Waals surface area contributed by atoms with Gasteiger partial charge in [0.25, 0.3) is 6.02 Å². The lowest BCUT2D eigenvalue weighted by atomic mass is 10.1. The Morgan fingerprint density at radius 2 is 2.14 bits per heavy atom. The lowest BCUT2D eigenvalue weighted by Gasteiger charge is -2.14. The van der Waals surface area contributed by atoms with Gasteiger partial charge in [-0.3, -0.25) is 0 Å². The minimum Gasteiger partial charge on any atom is -0.463 e. The molecule has 0 fully saturated rings. The zero-order valence-corrected chi connectivity index (χ0v) is 8.23. The molecule has 1 aromatic carbocycles. The van der Waals surface area contributed by atoms with Crippen molar-refractivity contribution < 1.29 is 4.74 Å². The van der Waals surface area contributed by atoms with E-state index < -0.39 is 0 Å². The molecule has 0 radical (unpaired) electrons. The molecule has 3 heteroatoms. The van der Waals surface area contributed by atoms with Gasteiger partial charge in [-0.2, -0.15) is 0 Å². The maximum absolute atomic E-state index is 5.28. The fourth-order valence-electron chi connectivity index (χ4n) is 1.43. The van der Waals surface area contributed by atoms with Crippen LogP contribution in [-0.2, 0) is 4.74 Å². The van der Waals surface area contributed by atoms with E-state index in [0.717, 1.165) is 6.54 Å². The number of nitrogens with one attached hydrogen (secondary N) is 1. The van der Waals surface area contributed by atoms with Gasteiger partial charge in [0, 0.05) is 0 Å². The van der Waals surface area contributed by atoms with E-state index in [1.807, 2.05) is 18.2 Å². The average molecular weight is 190 g/mol. The van der Waals surface area contributed by atoms with Gasteiger partial charge in [0.05, 0.1) is 12.6 Å². The first-order valence-corrected chi connectivity index (χ1v) is 4.85. The Balaban J connectivity index is 1.99. The summed E-state index contributed by atoms with van der Waals surface area (Å²) in [7, 11) is 0. The minimum atomic E-state index is 0.244. The smallest absolute Gasteiger partial charge is 0.285 e. The molecular formula is C11H14N2O. The van der Waals surface area contributed by atoms with Crippen LogP contribution in [0.2, 0.25) is 0 Å². The highest BCUT2D eigenvalue weighted by molar-refractivity contribution is 5.75. The quantitative estimate of drug-likeness (QED) is 0.770. The van der Waals surface area contributed by atoms with E-state index in [9.17, 15) is 0 Å². The topological polar surface area (TPSA) is 33.6 Å². The Morgan fingerprint density at radius 3 is 2.79 bits per heavy atom. The average Bonchev–Trinajstić information content (AvgIpc) is 2.72. The van der Waals surface area contributed by atoms with Crippen molar-refractivity contribution in [1.29, 1.82) is 0 Å². The van der Waals surface area contributed by atoms with Gasteiger partial charge in [-0.25, -0.2) is 4.99 Å². The van der Waals surface area contributed by atoms with Crippen LogP contribution in [0.4, 0.5) is 0 Å². The van der Waals surface area contributed by atoms with Gasteiger partial charge in [-0.05, 0) is 12.5 Å². The largest absolute Gasteiger partial charge is 0.463 e. The van der Waals surface area contributed by atoms with E-state index in [1.54, 1.807) is 0 Å². The second-order valence-corrected chi connectivity index (χ2v) is 3.31. The van der Waals surface area contributed by atoms with Crippen LogP contribution in [0, 0.1) is 0 Å². The van der Waals surface area contributed by atoms with Gasteiger partial charge >= 0.3 is 0 Å². The van der Waals surface area contributed by atoms with Crippen molar-refractivity contribution in [3.63, 3.8) is 0 Å². The van der Waals surface area contributed by atoms with Crippen LogP contribution in [0.25, 0.3) is 0 Å². The number of nitrogens with zero attached hydrogens (tertiary/aromatic N) is 1. The summed E-state index contributed by atoms with van der Waals surface area (Å²) in [6.45, 7) is 3.56. The third-order valence-electron chi connectivity index (χ3n) is 2.23. The Morgan fingerprint density at radius 1 is 1.36 bits per heavy atom. The van der Waals surface area contributed by atoms with Crippen molar-refractivity contribution in [1.82, 2.24) is 5.32 Å². The van der Waals surface area contributed by atoms with Crippen LogP contribution in [0.15, 0.2) is 35.3 Å². The molecule has 0 amide bonds. The van der Waals surface area contributed by atoms with E-state index in [1.165, 1.54) is 5.56 Å². The van der Waals surface area contributed by atoms with Gasteiger partial charge in [-0.1, -0.05) is 30.3 Å². The second kappa shape index (κ2) is 4.13. The van der Waals surface area contributed by atoms with Gasteiger partial charge < -0.3 is 10.1 Å². The van der Waals surface area contributed by atoms with Gasteiger partial charge in [0.2, 0.25) is 0 Å². The summed E-state index contributed by atoms with van der Waals surface area (Å²) >= 11 is 0.